The molecule has 1 saturated heterocycles. The summed E-state index contributed by atoms with van der Waals surface area (Å²) in [6.45, 7) is 1.68. The summed E-state index contributed by atoms with van der Waals surface area (Å²) in [7, 11) is 5.81. The number of H-pyrrole nitrogens is 1. The van der Waals surface area contributed by atoms with Gasteiger partial charge >= 0.3 is 0 Å². The standard InChI is InChI=1S/C20H27N9O/c1-26(2)16-10-17(22-12-21-16)29(13-4-5-13)14-6-8-28(9-7-14)20-24-18-15(19(30)25-20)11-23-27(18)3/h10-14H,4-9H2,1-3H3,(H,24,25,30). The van der Waals surface area contributed by atoms with E-state index in [1.807, 2.05) is 26.0 Å². The molecule has 1 N–H and O–H groups in total. The first-order valence-electron chi connectivity index (χ1n) is 10.5. The number of aromatic amines is 1. The van der Waals surface area contributed by atoms with Gasteiger partial charge in [0.15, 0.2) is 5.65 Å². The van der Waals surface area contributed by atoms with Crippen molar-refractivity contribution >= 4 is 28.6 Å². The minimum Gasteiger partial charge on any atom is -0.363 e. The van der Waals surface area contributed by atoms with E-state index in [1.54, 1.807) is 17.2 Å². The van der Waals surface area contributed by atoms with Crippen LogP contribution >= 0.6 is 0 Å². The van der Waals surface area contributed by atoms with E-state index in [9.17, 15) is 4.79 Å². The van der Waals surface area contributed by atoms with Crippen LogP contribution < -0.4 is 20.3 Å². The first kappa shape index (κ1) is 18.8. The lowest BCUT2D eigenvalue weighted by Gasteiger charge is -2.39. The number of aryl methyl sites for hydroxylation is 1. The molecule has 30 heavy (non-hydrogen) atoms. The van der Waals surface area contributed by atoms with Gasteiger partial charge in [-0.2, -0.15) is 10.1 Å². The maximum atomic E-state index is 12.4. The van der Waals surface area contributed by atoms with Crippen LogP contribution in [0.3, 0.4) is 0 Å². The van der Waals surface area contributed by atoms with Gasteiger partial charge in [-0.3, -0.25) is 14.5 Å². The van der Waals surface area contributed by atoms with Crippen LogP contribution in [0, 0.1) is 0 Å². The molecular weight excluding hydrogens is 382 g/mol. The second-order valence-electron chi connectivity index (χ2n) is 8.38. The molecule has 2 aliphatic rings. The van der Waals surface area contributed by atoms with Crippen molar-refractivity contribution in [3.8, 4) is 0 Å². The Morgan fingerprint density at radius 3 is 2.47 bits per heavy atom. The van der Waals surface area contributed by atoms with Crippen LogP contribution in [-0.4, -0.2) is 69.0 Å². The molecule has 0 aromatic carbocycles. The number of hydrogen-bond donors (Lipinski definition) is 1. The number of piperidine rings is 1. The average Bonchev–Trinajstić information content (AvgIpc) is 3.51. The third kappa shape index (κ3) is 3.35. The van der Waals surface area contributed by atoms with Gasteiger partial charge in [0.25, 0.3) is 5.56 Å². The van der Waals surface area contributed by atoms with Crippen molar-refractivity contribution in [2.24, 2.45) is 7.05 Å². The molecule has 3 aromatic rings. The Hall–Kier alpha value is -3.17. The molecule has 3 aromatic heterocycles. The lowest BCUT2D eigenvalue weighted by atomic mass is 10.0. The Morgan fingerprint density at radius 2 is 1.77 bits per heavy atom. The van der Waals surface area contributed by atoms with Crippen LogP contribution in [0.1, 0.15) is 25.7 Å². The minimum atomic E-state index is -0.137. The Labute approximate surface area is 174 Å². The van der Waals surface area contributed by atoms with E-state index in [1.165, 1.54) is 12.8 Å². The van der Waals surface area contributed by atoms with Crippen LogP contribution in [0.4, 0.5) is 17.6 Å². The second kappa shape index (κ2) is 7.26. The number of nitrogens with zero attached hydrogens (tertiary/aromatic N) is 8. The van der Waals surface area contributed by atoms with Gasteiger partial charge in [0.2, 0.25) is 5.95 Å². The summed E-state index contributed by atoms with van der Waals surface area (Å²) in [5, 5.41) is 4.68. The van der Waals surface area contributed by atoms with Gasteiger partial charge in [-0.1, -0.05) is 0 Å². The van der Waals surface area contributed by atoms with Gasteiger partial charge in [-0.05, 0) is 25.7 Å². The largest absolute Gasteiger partial charge is 0.363 e. The fourth-order valence-corrected chi connectivity index (χ4v) is 4.27. The minimum absolute atomic E-state index is 0.137. The summed E-state index contributed by atoms with van der Waals surface area (Å²) in [6, 6.07) is 3.07. The normalized spacial score (nSPS) is 17.5. The number of fused-ring (bicyclic) bond motifs is 1. The zero-order chi connectivity index (χ0) is 20.8. The molecule has 0 amide bonds. The third-order valence-electron chi connectivity index (χ3n) is 6.05. The topological polar surface area (TPSA) is 99.1 Å². The predicted molar refractivity (Wildman–Crippen MR) is 116 cm³/mol. The van der Waals surface area contributed by atoms with E-state index < -0.39 is 0 Å². The van der Waals surface area contributed by atoms with Gasteiger partial charge < -0.3 is 14.7 Å². The third-order valence-corrected chi connectivity index (χ3v) is 6.05. The molecule has 10 heteroatoms. The SMILES string of the molecule is CN(C)c1cc(N(C2CC2)C2CCN(c3nc4c(cnn4C)c(=O)[nH]3)CC2)ncn1. The first-order valence-corrected chi connectivity index (χ1v) is 10.5. The molecule has 1 aliphatic heterocycles. The number of rotatable bonds is 5. The monoisotopic (exact) mass is 409 g/mol. The predicted octanol–water partition coefficient (Wildman–Crippen LogP) is 1.15. The summed E-state index contributed by atoms with van der Waals surface area (Å²) in [5.41, 5.74) is 0.481. The summed E-state index contributed by atoms with van der Waals surface area (Å²) in [4.78, 5) is 35.6. The molecule has 4 heterocycles. The molecule has 0 spiro atoms. The van der Waals surface area contributed by atoms with Gasteiger partial charge in [0, 0.05) is 52.4 Å². The van der Waals surface area contributed by atoms with Crippen LogP contribution in [0.15, 0.2) is 23.4 Å². The lowest BCUT2D eigenvalue weighted by Crippen LogP contribution is -2.47. The van der Waals surface area contributed by atoms with Crippen molar-refractivity contribution in [1.82, 2.24) is 29.7 Å². The van der Waals surface area contributed by atoms with Crippen LogP contribution in [-0.2, 0) is 7.05 Å². The number of aromatic nitrogens is 6. The molecule has 1 aliphatic carbocycles. The van der Waals surface area contributed by atoms with Crippen LogP contribution in [0.5, 0.6) is 0 Å². The maximum absolute atomic E-state index is 12.4. The molecule has 0 atom stereocenters. The quantitative estimate of drug-likeness (QED) is 0.670. The van der Waals surface area contributed by atoms with Gasteiger partial charge in [0.1, 0.15) is 23.3 Å². The van der Waals surface area contributed by atoms with E-state index in [4.69, 9.17) is 0 Å². The summed E-state index contributed by atoms with van der Waals surface area (Å²) in [6.07, 6.45) is 7.64. The number of nitrogens with one attached hydrogen (secondary N) is 1. The summed E-state index contributed by atoms with van der Waals surface area (Å²) < 4.78 is 1.65. The molecule has 5 rings (SSSR count). The molecule has 0 bridgehead atoms. The molecular formula is C20H27N9O. The molecule has 0 unspecified atom stereocenters. The van der Waals surface area contributed by atoms with E-state index in [0.717, 1.165) is 37.6 Å². The summed E-state index contributed by atoms with van der Waals surface area (Å²) in [5.74, 6) is 2.57. The molecule has 2 fully saturated rings. The van der Waals surface area contributed by atoms with Crippen molar-refractivity contribution in [2.45, 2.75) is 37.8 Å². The van der Waals surface area contributed by atoms with Gasteiger partial charge in [-0.15, -0.1) is 0 Å². The van der Waals surface area contributed by atoms with E-state index >= 15 is 0 Å². The Morgan fingerprint density at radius 1 is 1.07 bits per heavy atom. The second-order valence-corrected chi connectivity index (χ2v) is 8.38. The Bertz CT molecular complexity index is 1110. The molecule has 10 nitrogen and oxygen atoms in total. The van der Waals surface area contributed by atoms with E-state index in [-0.39, 0.29) is 5.56 Å². The number of hydrogen-bond acceptors (Lipinski definition) is 8. The zero-order valence-electron chi connectivity index (χ0n) is 17.6. The molecule has 0 radical (unpaired) electrons. The Balaban J connectivity index is 1.35. The lowest BCUT2D eigenvalue weighted by molar-refractivity contribution is 0.455. The van der Waals surface area contributed by atoms with Crippen LogP contribution in [0.2, 0.25) is 0 Å². The average molecular weight is 409 g/mol. The smallest absolute Gasteiger partial charge is 0.263 e. The Kier molecular flexibility index (Phi) is 4.56. The number of anilines is 3. The molecule has 1 saturated carbocycles. The van der Waals surface area contributed by atoms with E-state index in [2.05, 4.69) is 40.9 Å². The zero-order valence-corrected chi connectivity index (χ0v) is 17.6. The highest BCUT2D eigenvalue weighted by atomic mass is 16.1. The highest BCUT2D eigenvalue weighted by Crippen LogP contribution is 2.36. The van der Waals surface area contributed by atoms with Gasteiger partial charge in [0.05, 0.1) is 6.20 Å². The highest BCUT2D eigenvalue weighted by Gasteiger charge is 2.37. The summed E-state index contributed by atoms with van der Waals surface area (Å²) >= 11 is 0. The highest BCUT2D eigenvalue weighted by molar-refractivity contribution is 5.74. The fourth-order valence-electron chi connectivity index (χ4n) is 4.27. The van der Waals surface area contributed by atoms with Crippen molar-refractivity contribution in [1.29, 1.82) is 0 Å². The van der Waals surface area contributed by atoms with Crippen molar-refractivity contribution in [3.63, 3.8) is 0 Å². The maximum Gasteiger partial charge on any atom is 0.263 e. The van der Waals surface area contributed by atoms with Crippen molar-refractivity contribution in [2.75, 3.05) is 41.9 Å². The fraction of sp³-hybridized carbons (Fsp3) is 0.550. The van der Waals surface area contributed by atoms with Crippen LogP contribution in [0.25, 0.3) is 11.0 Å². The van der Waals surface area contributed by atoms with Gasteiger partial charge in [-0.25, -0.2) is 9.97 Å². The van der Waals surface area contributed by atoms with Crippen molar-refractivity contribution < 1.29 is 0 Å². The first-order chi connectivity index (χ1) is 14.5. The molecule has 158 valence electrons. The van der Waals surface area contributed by atoms with Crippen molar-refractivity contribution in [3.05, 3.63) is 28.9 Å². The van der Waals surface area contributed by atoms with E-state index in [0.29, 0.717) is 29.1 Å².